The monoisotopic (exact) mass is 328 g/mol. The molecule has 2 nitrogen and oxygen atoms in total. The smallest absolute Gasteiger partial charge is 0.115 e. The summed E-state index contributed by atoms with van der Waals surface area (Å²) in [6.45, 7) is 5.70. The maximum atomic E-state index is 9.80. The van der Waals surface area contributed by atoms with Gasteiger partial charge >= 0.3 is 0 Å². The van der Waals surface area contributed by atoms with Gasteiger partial charge in [-0.05, 0) is 91.4 Å². The van der Waals surface area contributed by atoms with E-state index in [-0.39, 0.29) is 0 Å². The van der Waals surface area contributed by atoms with E-state index in [1.807, 2.05) is 12.1 Å². The predicted octanol–water partition coefficient (Wildman–Crippen LogP) is 5.43. The first-order chi connectivity index (χ1) is 11.6. The van der Waals surface area contributed by atoms with E-state index in [0.717, 1.165) is 24.9 Å². The molecule has 0 saturated heterocycles. The summed E-state index contributed by atoms with van der Waals surface area (Å²) in [5.74, 6) is 2.78. The van der Waals surface area contributed by atoms with Crippen molar-refractivity contribution in [1.82, 2.24) is 0 Å². The van der Waals surface area contributed by atoms with E-state index in [1.165, 1.54) is 56.1 Å². The molecule has 5 atom stereocenters. The van der Waals surface area contributed by atoms with Crippen LogP contribution in [0, 0.1) is 17.3 Å². The van der Waals surface area contributed by atoms with Crippen molar-refractivity contribution >= 4 is 0 Å². The van der Waals surface area contributed by atoms with E-state index in [1.54, 1.807) is 0 Å². The number of hydrogen-bond donors (Lipinski definition) is 1. The highest BCUT2D eigenvalue weighted by Crippen LogP contribution is 2.61. The van der Waals surface area contributed by atoms with Gasteiger partial charge in [0.2, 0.25) is 0 Å². The zero-order valence-electron chi connectivity index (χ0n) is 15.3. The van der Waals surface area contributed by atoms with Gasteiger partial charge < -0.3 is 9.84 Å². The molecule has 4 rings (SSSR count). The SMILES string of the molecule is CCCCO[C@H]1CC[C@H]2[C@@H]3CCc4cc(O)ccc4[C@H]3CC[C@]12C. The van der Waals surface area contributed by atoms with Crippen LogP contribution in [0.5, 0.6) is 5.75 Å². The topological polar surface area (TPSA) is 29.5 Å². The molecule has 2 heteroatoms. The second-order valence-electron chi connectivity index (χ2n) is 8.63. The van der Waals surface area contributed by atoms with E-state index >= 15 is 0 Å². The van der Waals surface area contributed by atoms with Gasteiger partial charge in [-0.2, -0.15) is 0 Å². The van der Waals surface area contributed by atoms with Gasteiger partial charge in [0.25, 0.3) is 0 Å². The molecule has 0 bridgehead atoms. The first kappa shape index (κ1) is 16.4. The molecule has 1 N–H and O–H groups in total. The van der Waals surface area contributed by atoms with Crippen LogP contribution in [0.15, 0.2) is 18.2 Å². The van der Waals surface area contributed by atoms with Crippen molar-refractivity contribution in [1.29, 1.82) is 0 Å². The summed E-state index contributed by atoms with van der Waals surface area (Å²) in [5.41, 5.74) is 3.32. The van der Waals surface area contributed by atoms with Gasteiger partial charge in [0.15, 0.2) is 0 Å². The molecule has 0 spiro atoms. The molecular formula is C22H32O2. The molecule has 24 heavy (non-hydrogen) atoms. The predicted molar refractivity (Wildman–Crippen MR) is 97.4 cm³/mol. The Morgan fingerprint density at radius 2 is 2.08 bits per heavy atom. The van der Waals surface area contributed by atoms with Gasteiger partial charge in [0.05, 0.1) is 6.10 Å². The minimum Gasteiger partial charge on any atom is -0.508 e. The Morgan fingerprint density at radius 3 is 2.92 bits per heavy atom. The van der Waals surface area contributed by atoms with Gasteiger partial charge in [-0.1, -0.05) is 26.3 Å². The van der Waals surface area contributed by atoms with Crippen molar-refractivity contribution in [2.45, 2.75) is 77.2 Å². The number of aromatic hydroxyl groups is 1. The zero-order valence-corrected chi connectivity index (χ0v) is 15.3. The van der Waals surface area contributed by atoms with Gasteiger partial charge in [0.1, 0.15) is 5.75 Å². The summed E-state index contributed by atoms with van der Waals surface area (Å²) in [5, 5.41) is 9.80. The van der Waals surface area contributed by atoms with E-state index in [2.05, 4.69) is 19.9 Å². The van der Waals surface area contributed by atoms with Crippen LogP contribution in [0.2, 0.25) is 0 Å². The van der Waals surface area contributed by atoms with Gasteiger partial charge in [-0.25, -0.2) is 0 Å². The Kier molecular flexibility index (Phi) is 4.36. The summed E-state index contributed by atoms with van der Waals surface area (Å²) in [6, 6.07) is 6.10. The third-order valence-corrected chi connectivity index (χ3v) is 7.44. The first-order valence-corrected chi connectivity index (χ1v) is 10.1. The lowest BCUT2D eigenvalue weighted by atomic mass is 9.55. The third-order valence-electron chi connectivity index (χ3n) is 7.44. The summed E-state index contributed by atoms with van der Waals surface area (Å²) >= 11 is 0. The number of phenolic OH excluding ortho intramolecular Hbond substituents is 1. The van der Waals surface area contributed by atoms with Crippen molar-refractivity contribution in [2.24, 2.45) is 17.3 Å². The number of rotatable bonds is 4. The quantitative estimate of drug-likeness (QED) is 0.746. The molecular weight excluding hydrogens is 296 g/mol. The number of fused-ring (bicyclic) bond motifs is 5. The standard InChI is InChI=1S/C22H32O2/c1-3-4-13-24-21-10-9-20-19-7-5-15-14-16(23)6-8-17(15)18(19)11-12-22(20,21)2/h6,8,14,18-21,23H,3-5,7,9-13H2,1-2H3/t18-,19-,20+,21+,22+/m1/s1. The van der Waals surface area contributed by atoms with Crippen LogP contribution in [0.3, 0.4) is 0 Å². The Bertz CT molecular complexity index is 596. The van der Waals surface area contributed by atoms with Crippen molar-refractivity contribution in [3.8, 4) is 5.75 Å². The number of ether oxygens (including phenoxy) is 1. The molecule has 3 aliphatic rings. The fraction of sp³-hybridized carbons (Fsp3) is 0.727. The fourth-order valence-electron chi connectivity index (χ4n) is 6.16. The second kappa shape index (κ2) is 6.37. The molecule has 1 aromatic rings. The number of phenols is 1. The molecule has 0 radical (unpaired) electrons. The Hall–Kier alpha value is -1.02. The molecule has 2 saturated carbocycles. The lowest BCUT2D eigenvalue weighted by Gasteiger charge is -2.50. The molecule has 0 heterocycles. The number of hydrogen-bond acceptors (Lipinski definition) is 2. The first-order valence-electron chi connectivity index (χ1n) is 10.1. The summed E-state index contributed by atoms with van der Waals surface area (Å²) in [7, 11) is 0. The van der Waals surface area contributed by atoms with Crippen molar-refractivity contribution in [2.75, 3.05) is 6.61 Å². The van der Waals surface area contributed by atoms with E-state index in [4.69, 9.17) is 4.74 Å². The fourth-order valence-corrected chi connectivity index (χ4v) is 6.16. The van der Waals surface area contributed by atoms with Crippen molar-refractivity contribution in [3.05, 3.63) is 29.3 Å². The average Bonchev–Trinajstić information content (AvgIpc) is 2.91. The lowest BCUT2D eigenvalue weighted by molar-refractivity contribution is -0.0644. The van der Waals surface area contributed by atoms with E-state index < -0.39 is 0 Å². The third kappa shape index (κ3) is 2.58. The molecule has 132 valence electrons. The molecule has 3 aliphatic carbocycles. The Balaban J connectivity index is 1.54. The highest BCUT2D eigenvalue weighted by atomic mass is 16.5. The highest BCUT2D eigenvalue weighted by molar-refractivity contribution is 5.40. The van der Waals surface area contributed by atoms with Crippen molar-refractivity contribution < 1.29 is 9.84 Å². The zero-order chi connectivity index (χ0) is 16.7. The van der Waals surface area contributed by atoms with Gasteiger partial charge in [-0.15, -0.1) is 0 Å². The highest BCUT2D eigenvalue weighted by Gasteiger charge is 2.55. The van der Waals surface area contributed by atoms with E-state index in [9.17, 15) is 5.11 Å². The maximum absolute atomic E-state index is 9.80. The largest absolute Gasteiger partial charge is 0.508 e. The summed E-state index contributed by atoms with van der Waals surface area (Å²) in [6.07, 6.45) is 10.5. The average molecular weight is 328 g/mol. The van der Waals surface area contributed by atoms with Gasteiger partial charge in [-0.3, -0.25) is 0 Å². The van der Waals surface area contributed by atoms with Gasteiger partial charge in [0, 0.05) is 6.61 Å². The van der Waals surface area contributed by atoms with Crippen LogP contribution >= 0.6 is 0 Å². The van der Waals surface area contributed by atoms with E-state index in [0.29, 0.717) is 23.2 Å². The van der Waals surface area contributed by atoms with Crippen LogP contribution in [-0.2, 0) is 11.2 Å². The normalized spacial score (nSPS) is 37.6. The molecule has 1 aromatic carbocycles. The lowest BCUT2D eigenvalue weighted by Crippen LogP contribution is -2.44. The Morgan fingerprint density at radius 1 is 1.21 bits per heavy atom. The van der Waals surface area contributed by atoms with Crippen molar-refractivity contribution in [3.63, 3.8) is 0 Å². The maximum Gasteiger partial charge on any atom is 0.115 e. The van der Waals surface area contributed by atoms with Crippen LogP contribution < -0.4 is 0 Å². The molecule has 0 amide bonds. The molecule has 0 unspecified atom stereocenters. The minimum atomic E-state index is 0.392. The Labute approximate surface area is 146 Å². The second-order valence-corrected chi connectivity index (χ2v) is 8.63. The number of aryl methyl sites for hydroxylation is 1. The molecule has 0 aromatic heterocycles. The summed E-state index contributed by atoms with van der Waals surface area (Å²) in [4.78, 5) is 0. The molecule has 0 aliphatic heterocycles. The van der Waals surface area contributed by atoms with Crippen LogP contribution in [0.1, 0.15) is 75.8 Å². The minimum absolute atomic E-state index is 0.392. The molecule has 2 fully saturated rings. The van der Waals surface area contributed by atoms with Crippen LogP contribution in [-0.4, -0.2) is 17.8 Å². The number of unbranched alkanes of at least 4 members (excludes halogenated alkanes) is 1. The summed E-state index contributed by atoms with van der Waals surface area (Å²) < 4.78 is 6.35. The van der Waals surface area contributed by atoms with Crippen LogP contribution in [0.4, 0.5) is 0 Å². The number of benzene rings is 1. The van der Waals surface area contributed by atoms with Crippen LogP contribution in [0.25, 0.3) is 0 Å².